The van der Waals surface area contributed by atoms with Crippen molar-refractivity contribution in [1.82, 2.24) is 4.90 Å². The van der Waals surface area contributed by atoms with Crippen LogP contribution < -0.4 is 4.90 Å². The number of aliphatic carboxylic acids is 1. The Morgan fingerprint density at radius 2 is 1.79 bits per heavy atom. The number of hydrogen-bond donors (Lipinski definition) is 1. The maximum atomic E-state index is 12.7. The molecule has 2 heterocycles. The number of anilines is 1. The highest BCUT2D eigenvalue weighted by Crippen LogP contribution is 2.25. The minimum absolute atomic E-state index is 0.192. The zero-order chi connectivity index (χ0) is 17.1. The Morgan fingerprint density at radius 3 is 2.42 bits per heavy atom. The van der Waals surface area contributed by atoms with E-state index in [1.54, 1.807) is 12.1 Å². The Kier molecular flexibility index (Phi) is 5.04. The van der Waals surface area contributed by atoms with Gasteiger partial charge < -0.3 is 19.6 Å². The molecule has 0 saturated carbocycles. The topological polar surface area (TPSA) is 70.1 Å². The fourth-order valence-electron chi connectivity index (χ4n) is 3.42. The van der Waals surface area contributed by atoms with Crippen LogP contribution in [0.4, 0.5) is 5.69 Å². The van der Waals surface area contributed by atoms with Crippen molar-refractivity contribution in [3.05, 3.63) is 29.8 Å². The van der Waals surface area contributed by atoms with E-state index in [1.807, 2.05) is 19.1 Å². The molecule has 1 N–H and O–H groups in total. The molecule has 2 atom stereocenters. The van der Waals surface area contributed by atoms with Crippen molar-refractivity contribution in [2.75, 3.05) is 37.7 Å². The smallest absolute Gasteiger partial charge is 0.326 e. The maximum Gasteiger partial charge on any atom is 0.326 e. The molecule has 1 aromatic rings. The predicted octanol–water partition coefficient (Wildman–Crippen LogP) is 1.85. The molecular formula is C18H24N2O4. The summed E-state index contributed by atoms with van der Waals surface area (Å²) in [6.45, 7) is 5.66. The third-order valence-corrected chi connectivity index (χ3v) is 4.90. The number of piperidine rings is 1. The normalized spacial score (nSPS) is 24.7. The second kappa shape index (κ2) is 7.21. The number of morpholine rings is 1. The summed E-state index contributed by atoms with van der Waals surface area (Å²) >= 11 is 0. The highest BCUT2D eigenvalue weighted by molar-refractivity contribution is 5.97. The molecule has 3 rings (SSSR count). The van der Waals surface area contributed by atoms with E-state index in [2.05, 4.69) is 4.90 Å². The molecule has 0 spiro atoms. The van der Waals surface area contributed by atoms with Gasteiger partial charge in [0.05, 0.1) is 13.2 Å². The van der Waals surface area contributed by atoms with Crippen LogP contribution in [0.25, 0.3) is 0 Å². The number of hydrogen-bond acceptors (Lipinski definition) is 4. The Labute approximate surface area is 142 Å². The Morgan fingerprint density at radius 1 is 1.12 bits per heavy atom. The van der Waals surface area contributed by atoms with E-state index in [4.69, 9.17) is 4.74 Å². The quantitative estimate of drug-likeness (QED) is 0.915. The fraction of sp³-hybridized carbons (Fsp3) is 0.556. The number of rotatable bonds is 3. The lowest BCUT2D eigenvalue weighted by molar-refractivity contribution is -0.144. The van der Waals surface area contributed by atoms with E-state index < -0.39 is 12.0 Å². The van der Waals surface area contributed by atoms with Gasteiger partial charge in [0.2, 0.25) is 0 Å². The number of carbonyl (C=O) groups is 2. The first kappa shape index (κ1) is 16.8. The number of benzene rings is 1. The number of carboxylic acids is 1. The molecule has 6 nitrogen and oxygen atoms in total. The molecule has 1 amide bonds. The molecule has 1 aromatic carbocycles. The van der Waals surface area contributed by atoms with Gasteiger partial charge in [-0.2, -0.15) is 0 Å². The van der Waals surface area contributed by atoms with Gasteiger partial charge in [-0.05, 0) is 43.0 Å². The van der Waals surface area contributed by atoms with Crippen LogP contribution in [0.15, 0.2) is 24.3 Å². The second-order valence-electron chi connectivity index (χ2n) is 6.63. The van der Waals surface area contributed by atoms with Crippen molar-refractivity contribution in [3.63, 3.8) is 0 Å². The highest BCUT2D eigenvalue weighted by Gasteiger charge is 2.35. The first-order valence-electron chi connectivity index (χ1n) is 8.53. The zero-order valence-corrected chi connectivity index (χ0v) is 14.0. The van der Waals surface area contributed by atoms with Gasteiger partial charge in [-0.15, -0.1) is 0 Å². The van der Waals surface area contributed by atoms with Gasteiger partial charge in [0.15, 0.2) is 0 Å². The van der Waals surface area contributed by atoms with Crippen LogP contribution in [0, 0.1) is 5.92 Å². The van der Waals surface area contributed by atoms with Crippen molar-refractivity contribution in [1.29, 1.82) is 0 Å². The minimum atomic E-state index is -0.917. The van der Waals surface area contributed by atoms with Gasteiger partial charge in [-0.1, -0.05) is 6.92 Å². The number of carbonyl (C=O) groups excluding carboxylic acids is 1. The van der Waals surface area contributed by atoms with Crippen LogP contribution in [0.3, 0.4) is 0 Å². The van der Waals surface area contributed by atoms with Crippen LogP contribution in [-0.2, 0) is 9.53 Å². The van der Waals surface area contributed by atoms with E-state index in [-0.39, 0.29) is 5.91 Å². The van der Waals surface area contributed by atoms with Crippen molar-refractivity contribution < 1.29 is 19.4 Å². The molecule has 24 heavy (non-hydrogen) atoms. The van der Waals surface area contributed by atoms with E-state index in [0.29, 0.717) is 37.7 Å². The maximum absolute atomic E-state index is 12.7. The standard InChI is InChI=1S/C18H24N2O4/c1-13-6-7-20(16(12-13)18(22)23)17(21)14-2-4-15(5-3-14)19-8-10-24-11-9-19/h2-5,13,16H,6-12H2,1H3,(H,22,23). The summed E-state index contributed by atoms with van der Waals surface area (Å²) < 4.78 is 5.35. The monoisotopic (exact) mass is 332 g/mol. The fourth-order valence-corrected chi connectivity index (χ4v) is 3.42. The summed E-state index contributed by atoms with van der Waals surface area (Å²) in [5, 5.41) is 9.42. The summed E-state index contributed by atoms with van der Waals surface area (Å²) in [6.07, 6.45) is 1.37. The number of ether oxygens (including phenoxy) is 1. The molecule has 2 aliphatic heterocycles. The molecule has 0 bridgehead atoms. The molecule has 0 radical (unpaired) electrons. The third kappa shape index (κ3) is 3.53. The SMILES string of the molecule is CC1CCN(C(=O)c2ccc(N3CCOCC3)cc2)C(C(=O)O)C1. The van der Waals surface area contributed by atoms with Gasteiger partial charge in [-0.25, -0.2) is 4.79 Å². The first-order valence-corrected chi connectivity index (χ1v) is 8.53. The van der Waals surface area contributed by atoms with Crippen LogP contribution >= 0.6 is 0 Å². The summed E-state index contributed by atoms with van der Waals surface area (Å²) in [7, 11) is 0. The summed E-state index contributed by atoms with van der Waals surface area (Å²) in [5.74, 6) is -0.776. The van der Waals surface area contributed by atoms with E-state index in [1.165, 1.54) is 4.90 Å². The zero-order valence-electron chi connectivity index (χ0n) is 14.0. The van der Waals surface area contributed by atoms with E-state index >= 15 is 0 Å². The average molecular weight is 332 g/mol. The van der Waals surface area contributed by atoms with Crippen molar-refractivity contribution >= 4 is 17.6 Å². The van der Waals surface area contributed by atoms with Crippen molar-refractivity contribution in [3.8, 4) is 0 Å². The number of amides is 1. The minimum Gasteiger partial charge on any atom is -0.480 e. The molecule has 0 aliphatic carbocycles. The van der Waals surface area contributed by atoms with Gasteiger partial charge in [-0.3, -0.25) is 4.79 Å². The second-order valence-corrected chi connectivity index (χ2v) is 6.63. The molecule has 2 saturated heterocycles. The third-order valence-electron chi connectivity index (χ3n) is 4.90. The van der Waals surface area contributed by atoms with Crippen molar-refractivity contribution in [2.24, 2.45) is 5.92 Å². The number of nitrogens with zero attached hydrogens (tertiary/aromatic N) is 2. The van der Waals surface area contributed by atoms with Gasteiger partial charge >= 0.3 is 5.97 Å². The van der Waals surface area contributed by atoms with E-state index in [9.17, 15) is 14.7 Å². The molecule has 2 fully saturated rings. The van der Waals surface area contributed by atoms with Crippen molar-refractivity contribution in [2.45, 2.75) is 25.8 Å². The lowest BCUT2D eigenvalue weighted by Crippen LogP contribution is -2.49. The molecule has 2 aliphatic rings. The Bertz CT molecular complexity index is 596. The average Bonchev–Trinajstić information content (AvgIpc) is 2.62. The molecular weight excluding hydrogens is 308 g/mol. The lowest BCUT2D eigenvalue weighted by atomic mass is 9.92. The summed E-state index contributed by atoms with van der Waals surface area (Å²) in [6, 6.07) is 6.73. The number of carboxylic acid groups (broad SMARTS) is 1. The first-order chi connectivity index (χ1) is 11.6. The van der Waals surface area contributed by atoms with Gasteiger partial charge in [0.1, 0.15) is 6.04 Å². The molecule has 0 aromatic heterocycles. The highest BCUT2D eigenvalue weighted by atomic mass is 16.5. The van der Waals surface area contributed by atoms with Crippen LogP contribution in [-0.4, -0.2) is 60.8 Å². The molecule has 6 heteroatoms. The van der Waals surface area contributed by atoms with E-state index in [0.717, 1.165) is 25.2 Å². The summed E-state index contributed by atoms with van der Waals surface area (Å²) in [5.41, 5.74) is 1.62. The van der Waals surface area contributed by atoms with Crippen LogP contribution in [0.1, 0.15) is 30.1 Å². The summed E-state index contributed by atoms with van der Waals surface area (Å²) in [4.78, 5) is 28.0. The van der Waals surface area contributed by atoms with Gasteiger partial charge in [0.25, 0.3) is 5.91 Å². The number of likely N-dealkylation sites (tertiary alicyclic amines) is 1. The van der Waals surface area contributed by atoms with Gasteiger partial charge in [0, 0.05) is 30.9 Å². The molecule has 2 unspecified atom stereocenters. The van der Waals surface area contributed by atoms with Crippen LogP contribution in [0.2, 0.25) is 0 Å². The Hall–Kier alpha value is -2.08. The van der Waals surface area contributed by atoms with Crippen LogP contribution in [0.5, 0.6) is 0 Å². The molecule has 130 valence electrons. The predicted molar refractivity (Wildman–Crippen MR) is 90.3 cm³/mol. The Balaban J connectivity index is 1.73. The largest absolute Gasteiger partial charge is 0.480 e. The lowest BCUT2D eigenvalue weighted by Gasteiger charge is -2.36.